The topological polar surface area (TPSA) is 68.7 Å². The molecule has 2 rings (SSSR count). The Labute approximate surface area is 92.8 Å². The van der Waals surface area contributed by atoms with E-state index in [1.54, 1.807) is 0 Å². The highest BCUT2D eigenvalue weighted by Gasteiger charge is 2.34. The van der Waals surface area contributed by atoms with Crippen LogP contribution in [0.3, 0.4) is 0 Å². The molecule has 0 saturated heterocycles. The molecule has 0 saturated carbocycles. The zero-order chi connectivity index (χ0) is 12.6. The second kappa shape index (κ2) is 3.79. The van der Waals surface area contributed by atoms with E-state index in [1.165, 1.54) is 0 Å². The van der Waals surface area contributed by atoms with Crippen molar-refractivity contribution in [1.29, 1.82) is 0 Å². The Kier molecular flexibility index (Phi) is 2.56. The number of pyridine rings is 1. The zero-order valence-corrected chi connectivity index (χ0v) is 8.19. The first-order valence-corrected chi connectivity index (χ1v) is 4.47. The molecule has 2 heterocycles. The number of rotatable bonds is 1. The van der Waals surface area contributed by atoms with Gasteiger partial charge in [0.15, 0.2) is 5.75 Å². The van der Waals surface area contributed by atoms with E-state index >= 15 is 0 Å². The number of nitrogens with zero attached hydrogens (tertiary/aromatic N) is 1. The van der Waals surface area contributed by atoms with Gasteiger partial charge in [0.2, 0.25) is 6.10 Å². The maximum atomic E-state index is 12.3. The smallest absolute Gasteiger partial charge is 0.418 e. The first kappa shape index (κ1) is 11.5. The lowest BCUT2D eigenvalue weighted by Gasteiger charge is -2.23. The molecule has 1 aliphatic heterocycles. The van der Waals surface area contributed by atoms with Crippen LogP contribution in [0.4, 0.5) is 13.2 Å². The molecule has 5 nitrogen and oxygen atoms in total. The van der Waals surface area contributed by atoms with Gasteiger partial charge in [0.1, 0.15) is 6.61 Å². The highest BCUT2D eigenvalue weighted by molar-refractivity contribution is 5.73. The van der Waals surface area contributed by atoms with E-state index < -0.39 is 23.8 Å². The fraction of sp³-hybridized carbons (Fsp3) is 0.333. The Morgan fingerprint density at radius 3 is 2.82 bits per heavy atom. The van der Waals surface area contributed by atoms with Gasteiger partial charge in [-0.15, -0.1) is 0 Å². The molecule has 0 fully saturated rings. The number of ether oxygens (including phenoxy) is 2. The highest BCUT2D eigenvalue weighted by Crippen LogP contribution is 2.36. The van der Waals surface area contributed by atoms with Crippen molar-refractivity contribution < 1.29 is 32.5 Å². The normalized spacial score (nSPS) is 18.9. The summed E-state index contributed by atoms with van der Waals surface area (Å²) in [7, 11) is 0. The van der Waals surface area contributed by atoms with Crippen LogP contribution in [-0.2, 0) is 11.0 Å². The Bertz CT molecular complexity index is 460. The predicted molar refractivity (Wildman–Crippen MR) is 46.8 cm³/mol. The number of hydrogen-bond acceptors (Lipinski definition) is 4. The van der Waals surface area contributed by atoms with Crippen LogP contribution in [0, 0.1) is 0 Å². The molecule has 0 bridgehead atoms. The molecule has 1 aromatic heterocycles. The van der Waals surface area contributed by atoms with Crippen molar-refractivity contribution >= 4 is 5.97 Å². The van der Waals surface area contributed by atoms with Crippen molar-refractivity contribution in [3.05, 3.63) is 17.8 Å². The van der Waals surface area contributed by atoms with Crippen molar-refractivity contribution in [3.63, 3.8) is 0 Å². The number of carboxylic acid groups (broad SMARTS) is 1. The molecule has 92 valence electrons. The maximum Gasteiger partial charge on any atom is 0.418 e. The van der Waals surface area contributed by atoms with Crippen LogP contribution < -0.4 is 9.47 Å². The number of aromatic nitrogens is 1. The Morgan fingerprint density at radius 1 is 1.53 bits per heavy atom. The molecule has 1 N–H and O–H groups in total. The van der Waals surface area contributed by atoms with E-state index in [0.29, 0.717) is 6.20 Å². The maximum absolute atomic E-state index is 12.3. The van der Waals surface area contributed by atoms with Gasteiger partial charge in [-0.3, -0.25) is 0 Å². The molecular formula is C9H6F3NO4. The van der Waals surface area contributed by atoms with Crippen LogP contribution in [0.25, 0.3) is 0 Å². The molecule has 0 aromatic carbocycles. The lowest BCUT2D eigenvalue weighted by atomic mass is 10.2. The predicted octanol–water partition coefficient (Wildman–Crippen LogP) is 1.32. The van der Waals surface area contributed by atoms with E-state index in [9.17, 15) is 18.0 Å². The van der Waals surface area contributed by atoms with E-state index in [-0.39, 0.29) is 18.2 Å². The van der Waals surface area contributed by atoms with Gasteiger partial charge in [-0.25, -0.2) is 9.78 Å². The standard InChI is InChI=1S/C9H6F3NO4/c10-9(11,12)4-1-5-7(13-2-4)17-6(3-16-5)8(14)15/h1-2,6H,3H2,(H,14,15). The highest BCUT2D eigenvalue weighted by atomic mass is 19.4. The Hall–Kier alpha value is -1.99. The van der Waals surface area contributed by atoms with Crippen LogP contribution in [0.2, 0.25) is 0 Å². The first-order chi connectivity index (χ1) is 7.88. The summed E-state index contributed by atoms with van der Waals surface area (Å²) in [6.45, 7) is -0.356. The van der Waals surface area contributed by atoms with E-state index in [0.717, 1.165) is 6.07 Å². The minimum atomic E-state index is -4.53. The van der Waals surface area contributed by atoms with E-state index in [2.05, 4.69) is 4.98 Å². The monoisotopic (exact) mass is 249 g/mol. The fourth-order valence-electron chi connectivity index (χ4n) is 1.23. The third kappa shape index (κ3) is 2.24. The van der Waals surface area contributed by atoms with Crippen molar-refractivity contribution in [2.24, 2.45) is 0 Å². The van der Waals surface area contributed by atoms with Crippen LogP contribution in [0.1, 0.15) is 5.56 Å². The summed E-state index contributed by atoms with van der Waals surface area (Å²) in [5, 5.41) is 8.63. The molecule has 0 spiro atoms. The van der Waals surface area contributed by atoms with Gasteiger partial charge in [0.25, 0.3) is 5.88 Å². The van der Waals surface area contributed by atoms with Gasteiger partial charge in [-0.1, -0.05) is 0 Å². The number of carboxylic acids is 1. The van der Waals surface area contributed by atoms with Crippen molar-refractivity contribution in [3.8, 4) is 11.6 Å². The summed E-state index contributed by atoms with van der Waals surface area (Å²) in [5.41, 5.74) is -0.978. The number of aliphatic carboxylic acids is 1. The van der Waals surface area contributed by atoms with E-state index in [4.69, 9.17) is 14.6 Å². The number of halogens is 3. The van der Waals surface area contributed by atoms with Crippen molar-refractivity contribution in [2.45, 2.75) is 12.3 Å². The zero-order valence-electron chi connectivity index (χ0n) is 8.19. The quantitative estimate of drug-likeness (QED) is 0.813. The summed E-state index contributed by atoms with van der Waals surface area (Å²) in [4.78, 5) is 14.0. The molecular weight excluding hydrogens is 243 g/mol. The molecule has 8 heteroatoms. The van der Waals surface area contributed by atoms with Crippen LogP contribution in [0.5, 0.6) is 11.6 Å². The number of fused-ring (bicyclic) bond motifs is 1. The molecule has 1 unspecified atom stereocenters. The minimum absolute atomic E-state index is 0.211. The fourth-order valence-corrected chi connectivity index (χ4v) is 1.23. The summed E-state index contributed by atoms with van der Waals surface area (Å²) in [5.74, 6) is -1.73. The van der Waals surface area contributed by atoms with Gasteiger partial charge >= 0.3 is 12.1 Å². The van der Waals surface area contributed by atoms with Crippen LogP contribution in [0.15, 0.2) is 12.3 Å². The summed E-state index contributed by atoms with van der Waals surface area (Å²) in [6, 6.07) is 0.723. The van der Waals surface area contributed by atoms with Gasteiger partial charge in [-0.05, 0) is 6.07 Å². The molecule has 1 aliphatic rings. The van der Waals surface area contributed by atoms with Crippen LogP contribution in [-0.4, -0.2) is 28.8 Å². The second-order valence-electron chi connectivity index (χ2n) is 3.28. The van der Waals surface area contributed by atoms with Gasteiger partial charge < -0.3 is 14.6 Å². The van der Waals surface area contributed by atoms with Crippen LogP contribution >= 0.6 is 0 Å². The minimum Gasteiger partial charge on any atom is -0.483 e. The molecule has 0 aliphatic carbocycles. The lowest BCUT2D eigenvalue weighted by Crippen LogP contribution is -2.36. The molecule has 1 atom stereocenters. The lowest BCUT2D eigenvalue weighted by molar-refractivity contribution is -0.148. The number of hydrogen-bond donors (Lipinski definition) is 1. The van der Waals surface area contributed by atoms with Gasteiger partial charge in [0.05, 0.1) is 5.56 Å². The second-order valence-corrected chi connectivity index (χ2v) is 3.28. The van der Waals surface area contributed by atoms with Crippen molar-refractivity contribution in [1.82, 2.24) is 4.98 Å². The summed E-state index contributed by atoms with van der Waals surface area (Å²) >= 11 is 0. The third-order valence-corrected chi connectivity index (χ3v) is 2.07. The summed E-state index contributed by atoms with van der Waals surface area (Å²) < 4.78 is 46.7. The average molecular weight is 249 g/mol. The summed E-state index contributed by atoms with van der Waals surface area (Å²) in [6.07, 6.45) is -5.23. The third-order valence-electron chi connectivity index (χ3n) is 2.07. The molecule has 1 aromatic rings. The SMILES string of the molecule is O=C(O)C1COc2cc(C(F)(F)F)cnc2O1. The molecule has 0 amide bonds. The Morgan fingerprint density at radius 2 is 2.24 bits per heavy atom. The van der Waals surface area contributed by atoms with Crippen molar-refractivity contribution in [2.75, 3.05) is 6.61 Å². The molecule has 17 heavy (non-hydrogen) atoms. The largest absolute Gasteiger partial charge is 0.483 e. The Balaban J connectivity index is 2.29. The molecule has 0 radical (unpaired) electrons. The van der Waals surface area contributed by atoms with Gasteiger partial charge in [-0.2, -0.15) is 13.2 Å². The van der Waals surface area contributed by atoms with Gasteiger partial charge in [0, 0.05) is 6.20 Å². The number of alkyl halides is 3. The van der Waals surface area contributed by atoms with E-state index in [1.807, 2.05) is 0 Å². The average Bonchev–Trinajstić information content (AvgIpc) is 2.26. The first-order valence-electron chi connectivity index (χ1n) is 4.47. The number of carbonyl (C=O) groups is 1.